The number of carbonyl (C=O) groups is 1. The van der Waals surface area contributed by atoms with Gasteiger partial charge in [0.1, 0.15) is 6.61 Å². The van der Waals surface area contributed by atoms with Crippen LogP contribution in [0.15, 0.2) is 36.4 Å². The van der Waals surface area contributed by atoms with Gasteiger partial charge in [0.05, 0.1) is 0 Å². The highest BCUT2D eigenvalue weighted by molar-refractivity contribution is 5.99. The van der Waals surface area contributed by atoms with Gasteiger partial charge in [-0.3, -0.25) is 4.79 Å². The summed E-state index contributed by atoms with van der Waals surface area (Å²) in [6.45, 7) is -0.0441. The molecule has 1 unspecified atom stereocenters. The van der Waals surface area contributed by atoms with Gasteiger partial charge < -0.3 is 9.84 Å². The Morgan fingerprint density at radius 1 is 1.29 bits per heavy atom. The van der Waals surface area contributed by atoms with Gasteiger partial charge in [-0.1, -0.05) is 30.3 Å². The standard InChI is InChI=1S/C11H10O3/c12-9-6-10(11(13)14-7-9)8-4-2-1-3-5-8/h1-6,11,13H,7H2. The average molecular weight is 190 g/mol. The summed E-state index contributed by atoms with van der Waals surface area (Å²) in [5.41, 5.74) is 1.34. The maximum absolute atomic E-state index is 11.1. The Balaban J connectivity index is 2.37. The molecular formula is C11H10O3. The van der Waals surface area contributed by atoms with E-state index in [1.807, 2.05) is 30.3 Å². The van der Waals surface area contributed by atoms with Crippen molar-refractivity contribution in [1.82, 2.24) is 0 Å². The molecule has 0 radical (unpaired) electrons. The van der Waals surface area contributed by atoms with E-state index in [2.05, 4.69) is 0 Å². The second-order valence-corrected chi connectivity index (χ2v) is 3.10. The number of ether oxygens (including phenoxy) is 1. The molecular weight excluding hydrogens is 180 g/mol. The van der Waals surface area contributed by atoms with E-state index < -0.39 is 6.29 Å². The number of rotatable bonds is 1. The van der Waals surface area contributed by atoms with Crippen LogP contribution < -0.4 is 0 Å². The van der Waals surface area contributed by atoms with Crippen molar-refractivity contribution in [1.29, 1.82) is 0 Å². The molecule has 1 N–H and O–H groups in total. The SMILES string of the molecule is O=C1C=C(c2ccccc2)C(O)OC1. The lowest BCUT2D eigenvalue weighted by Crippen LogP contribution is -2.24. The van der Waals surface area contributed by atoms with Crippen molar-refractivity contribution < 1.29 is 14.6 Å². The number of ketones is 1. The monoisotopic (exact) mass is 190 g/mol. The fourth-order valence-electron chi connectivity index (χ4n) is 1.39. The number of hydrogen-bond acceptors (Lipinski definition) is 3. The van der Waals surface area contributed by atoms with Crippen molar-refractivity contribution >= 4 is 11.4 Å². The van der Waals surface area contributed by atoms with Crippen LogP contribution in [0.2, 0.25) is 0 Å². The van der Waals surface area contributed by atoms with E-state index in [9.17, 15) is 9.90 Å². The summed E-state index contributed by atoms with van der Waals surface area (Å²) in [7, 11) is 0. The number of benzene rings is 1. The molecule has 3 nitrogen and oxygen atoms in total. The predicted octanol–water partition coefficient (Wildman–Crippen LogP) is 0.988. The zero-order valence-corrected chi connectivity index (χ0v) is 7.51. The molecule has 1 heterocycles. The van der Waals surface area contributed by atoms with Crippen LogP contribution in [0.3, 0.4) is 0 Å². The van der Waals surface area contributed by atoms with E-state index in [4.69, 9.17) is 4.74 Å². The third-order valence-electron chi connectivity index (χ3n) is 2.07. The van der Waals surface area contributed by atoms with Gasteiger partial charge in [-0.05, 0) is 11.6 Å². The maximum atomic E-state index is 11.1. The molecule has 1 atom stereocenters. The lowest BCUT2D eigenvalue weighted by Gasteiger charge is -2.19. The van der Waals surface area contributed by atoms with E-state index in [0.717, 1.165) is 5.56 Å². The van der Waals surface area contributed by atoms with Crippen LogP contribution in [0.1, 0.15) is 5.56 Å². The number of hydrogen-bond donors (Lipinski definition) is 1. The first-order valence-electron chi connectivity index (χ1n) is 4.37. The van der Waals surface area contributed by atoms with Crippen molar-refractivity contribution in [3.8, 4) is 0 Å². The van der Waals surface area contributed by atoms with Crippen molar-refractivity contribution in [2.24, 2.45) is 0 Å². The number of aliphatic hydroxyl groups is 1. The summed E-state index contributed by atoms with van der Waals surface area (Å²) in [4.78, 5) is 11.1. The second kappa shape index (κ2) is 3.74. The second-order valence-electron chi connectivity index (χ2n) is 3.10. The zero-order valence-electron chi connectivity index (χ0n) is 7.51. The molecule has 0 bridgehead atoms. The Morgan fingerprint density at radius 3 is 2.71 bits per heavy atom. The molecule has 0 saturated heterocycles. The molecule has 14 heavy (non-hydrogen) atoms. The van der Waals surface area contributed by atoms with Crippen LogP contribution in [0.25, 0.3) is 5.57 Å². The Kier molecular flexibility index (Phi) is 2.43. The summed E-state index contributed by atoms with van der Waals surface area (Å²) >= 11 is 0. The van der Waals surface area contributed by atoms with Gasteiger partial charge in [0.15, 0.2) is 12.1 Å². The predicted molar refractivity (Wildman–Crippen MR) is 51.4 cm³/mol. The van der Waals surface area contributed by atoms with Crippen molar-refractivity contribution in [2.75, 3.05) is 6.61 Å². The quantitative estimate of drug-likeness (QED) is 0.718. The highest BCUT2D eigenvalue weighted by Crippen LogP contribution is 2.21. The van der Waals surface area contributed by atoms with E-state index >= 15 is 0 Å². The molecule has 72 valence electrons. The third-order valence-corrected chi connectivity index (χ3v) is 2.07. The summed E-state index contributed by atoms with van der Waals surface area (Å²) in [6.07, 6.45) is 0.443. The van der Waals surface area contributed by atoms with Crippen molar-refractivity contribution in [3.05, 3.63) is 42.0 Å². The van der Waals surface area contributed by atoms with Gasteiger partial charge in [0.2, 0.25) is 0 Å². The highest BCUT2D eigenvalue weighted by atomic mass is 16.6. The normalized spacial score (nSPS) is 21.9. The van der Waals surface area contributed by atoms with E-state index in [0.29, 0.717) is 5.57 Å². The fraction of sp³-hybridized carbons (Fsp3) is 0.182. The Bertz CT molecular complexity index is 367. The van der Waals surface area contributed by atoms with Gasteiger partial charge in [0.25, 0.3) is 0 Å². The minimum absolute atomic E-state index is 0.0441. The first-order chi connectivity index (χ1) is 6.77. The van der Waals surface area contributed by atoms with Crippen LogP contribution >= 0.6 is 0 Å². The Morgan fingerprint density at radius 2 is 2.00 bits per heavy atom. The van der Waals surface area contributed by atoms with E-state index in [-0.39, 0.29) is 12.4 Å². The molecule has 1 aliphatic heterocycles. The highest BCUT2D eigenvalue weighted by Gasteiger charge is 2.20. The topological polar surface area (TPSA) is 46.5 Å². The minimum Gasteiger partial charge on any atom is -0.364 e. The molecule has 0 aliphatic carbocycles. The molecule has 0 spiro atoms. The van der Waals surface area contributed by atoms with Gasteiger partial charge in [-0.15, -0.1) is 0 Å². The molecule has 1 aromatic carbocycles. The van der Waals surface area contributed by atoms with E-state index in [1.54, 1.807) is 0 Å². The molecule has 1 aliphatic rings. The molecule has 2 rings (SSSR count). The zero-order chi connectivity index (χ0) is 9.97. The Hall–Kier alpha value is -1.45. The van der Waals surface area contributed by atoms with Crippen molar-refractivity contribution in [2.45, 2.75) is 6.29 Å². The van der Waals surface area contributed by atoms with Gasteiger partial charge in [-0.2, -0.15) is 0 Å². The van der Waals surface area contributed by atoms with Gasteiger partial charge in [0, 0.05) is 5.57 Å². The molecule has 0 aromatic heterocycles. The van der Waals surface area contributed by atoms with Gasteiger partial charge >= 0.3 is 0 Å². The van der Waals surface area contributed by atoms with Crippen LogP contribution in [0, 0.1) is 0 Å². The molecule has 0 amide bonds. The third kappa shape index (κ3) is 1.73. The Labute approximate surface area is 81.6 Å². The summed E-state index contributed by atoms with van der Waals surface area (Å²) in [5, 5.41) is 9.50. The number of aliphatic hydroxyl groups excluding tert-OH is 1. The van der Waals surface area contributed by atoms with Gasteiger partial charge in [-0.25, -0.2) is 0 Å². The molecule has 0 saturated carbocycles. The number of carbonyl (C=O) groups excluding carboxylic acids is 1. The fourth-order valence-corrected chi connectivity index (χ4v) is 1.39. The lowest BCUT2D eigenvalue weighted by atomic mass is 10.0. The van der Waals surface area contributed by atoms with Crippen LogP contribution in [-0.4, -0.2) is 23.8 Å². The summed E-state index contributed by atoms with van der Waals surface area (Å²) < 4.78 is 4.89. The largest absolute Gasteiger partial charge is 0.364 e. The summed E-state index contributed by atoms with van der Waals surface area (Å²) in [6, 6.07) is 9.24. The average Bonchev–Trinajstić information content (AvgIpc) is 2.23. The van der Waals surface area contributed by atoms with Crippen LogP contribution in [0.4, 0.5) is 0 Å². The summed E-state index contributed by atoms with van der Waals surface area (Å²) in [5.74, 6) is -0.117. The molecule has 0 fully saturated rings. The van der Waals surface area contributed by atoms with Crippen LogP contribution in [0.5, 0.6) is 0 Å². The van der Waals surface area contributed by atoms with Crippen molar-refractivity contribution in [3.63, 3.8) is 0 Å². The molecule has 1 aromatic rings. The van der Waals surface area contributed by atoms with Crippen LogP contribution in [-0.2, 0) is 9.53 Å². The maximum Gasteiger partial charge on any atom is 0.182 e. The van der Waals surface area contributed by atoms with E-state index in [1.165, 1.54) is 6.08 Å². The smallest absolute Gasteiger partial charge is 0.182 e. The first-order valence-corrected chi connectivity index (χ1v) is 4.37. The first kappa shape index (κ1) is 9.12. The molecule has 3 heteroatoms. The minimum atomic E-state index is -0.991. The lowest BCUT2D eigenvalue weighted by molar-refractivity contribution is -0.129.